The van der Waals surface area contributed by atoms with Gasteiger partial charge in [-0.05, 0) is 31.7 Å². The lowest BCUT2D eigenvalue weighted by Crippen LogP contribution is -2.38. The molecule has 0 bridgehead atoms. The fourth-order valence-corrected chi connectivity index (χ4v) is 2.06. The van der Waals surface area contributed by atoms with Crippen molar-refractivity contribution in [3.63, 3.8) is 0 Å². The van der Waals surface area contributed by atoms with Crippen molar-refractivity contribution < 1.29 is 5.11 Å². The molecule has 0 aliphatic heterocycles. The third kappa shape index (κ3) is 3.65. The lowest BCUT2D eigenvalue weighted by atomic mass is 9.96. The molecule has 0 amide bonds. The first kappa shape index (κ1) is 12.8. The maximum Gasteiger partial charge on any atom is 0.0784 e. The zero-order valence-electron chi connectivity index (χ0n) is 8.85. The molecule has 84 valence electrons. The van der Waals surface area contributed by atoms with Crippen LogP contribution in [-0.2, 0) is 6.42 Å². The van der Waals surface area contributed by atoms with Crippen LogP contribution in [0.1, 0.15) is 12.5 Å². The molecule has 4 heteroatoms. The van der Waals surface area contributed by atoms with Crippen molar-refractivity contribution in [3.05, 3.63) is 33.8 Å². The van der Waals surface area contributed by atoms with Crippen LogP contribution in [0.3, 0.4) is 0 Å². The number of benzene rings is 1. The van der Waals surface area contributed by atoms with E-state index in [0.29, 0.717) is 23.0 Å². The Hall–Kier alpha value is -0.280. The molecule has 0 heterocycles. The molecule has 15 heavy (non-hydrogen) atoms. The molecule has 0 aromatic heterocycles. The zero-order chi connectivity index (χ0) is 11.5. The highest BCUT2D eigenvalue weighted by Crippen LogP contribution is 2.27. The van der Waals surface area contributed by atoms with Gasteiger partial charge in [0.25, 0.3) is 0 Å². The average molecular weight is 248 g/mol. The van der Waals surface area contributed by atoms with Crippen molar-refractivity contribution in [1.82, 2.24) is 5.32 Å². The van der Waals surface area contributed by atoms with Crippen LogP contribution in [0, 0.1) is 0 Å². The Morgan fingerprint density at radius 2 is 1.87 bits per heavy atom. The molecule has 0 fully saturated rings. The van der Waals surface area contributed by atoms with Gasteiger partial charge in [0.1, 0.15) is 0 Å². The molecule has 1 atom stereocenters. The van der Waals surface area contributed by atoms with Crippen LogP contribution in [0.25, 0.3) is 0 Å². The summed E-state index contributed by atoms with van der Waals surface area (Å²) in [6.07, 6.45) is 0.437. The molecule has 0 radical (unpaired) electrons. The average Bonchev–Trinajstić information content (AvgIpc) is 2.11. The van der Waals surface area contributed by atoms with Gasteiger partial charge in [-0.25, -0.2) is 0 Å². The van der Waals surface area contributed by atoms with Gasteiger partial charge in [0.05, 0.1) is 5.60 Å². The largest absolute Gasteiger partial charge is 0.389 e. The number of likely N-dealkylation sites (N-methyl/N-ethyl adjacent to an activating group) is 1. The molecule has 1 aromatic rings. The number of hydrogen-bond donors (Lipinski definition) is 2. The molecule has 2 N–H and O–H groups in total. The first-order valence-electron chi connectivity index (χ1n) is 4.76. The van der Waals surface area contributed by atoms with E-state index in [1.807, 2.05) is 0 Å². The molecule has 0 saturated heterocycles. The normalized spacial score (nSPS) is 15.0. The van der Waals surface area contributed by atoms with Crippen LogP contribution >= 0.6 is 23.2 Å². The number of nitrogens with one attached hydrogen (secondary N) is 1. The Morgan fingerprint density at radius 3 is 2.33 bits per heavy atom. The van der Waals surface area contributed by atoms with Gasteiger partial charge in [0.15, 0.2) is 0 Å². The van der Waals surface area contributed by atoms with E-state index in [-0.39, 0.29) is 0 Å². The summed E-state index contributed by atoms with van der Waals surface area (Å²) in [7, 11) is 1.79. The van der Waals surface area contributed by atoms with Crippen molar-refractivity contribution >= 4 is 23.2 Å². The van der Waals surface area contributed by atoms with E-state index in [0.717, 1.165) is 5.56 Å². The lowest BCUT2D eigenvalue weighted by Gasteiger charge is -2.24. The van der Waals surface area contributed by atoms with E-state index >= 15 is 0 Å². The summed E-state index contributed by atoms with van der Waals surface area (Å²) < 4.78 is 0. The van der Waals surface area contributed by atoms with E-state index in [1.54, 1.807) is 32.2 Å². The maximum atomic E-state index is 10.0. The van der Waals surface area contributed by atoms with E-state index in [1.165, 1.54) is 0 Å². The molecule has 1 rings (SSSR count). The minimum atomic E-state index is -0.844. The van der Waals surface area contributed by atoms with Crippen LogP contribution in [-0.4, -0.2) is 24.3 Å². The van der Waals surface area contributed by atoms with Gasteiger partial charge in [-0.2, -0.15) is 0 Å². The third-order valence-electron chi connectivity index (χ3n) is 2.18. The van der Waals surface area contributed by atoms with E-state index in [9.17, 15) is 5.11 Å². The van der Waals surface area contributed by atoms with Gasteiger partial charge < -0.3 is 10.4 Å². The van der Waals surface area contributed by atoms with Gasteiger partial charge in [0.2, 0.25) is 0 Å². The second-order valence-electron chi connectivity index (χ2n) is 3.90. The van der Waals surface area contributed by atoms with Gasteiger partial charge in [-0.3, -0.25) is 0 Å². The Balaban J connectivity index is 2.89. The first-order valence-corrected chi connectivity index (χ1v) is 5.52. The zero-order valence-corrected chi connectivity index (χ0v) is 10.4. The van der Waals surface area contributed by atoms with Crippen LogP contribution in [0.15, 0.2) is 18.2 Å². The highest BCUT2D eigenvalue weighted by molar-refractivity contribution is 6.36. The Bertz CT molecular complexity index is 319. The fraction of sp³-hybridized carbons (Fsp3) is 0.455. The summed E-state index contributed by atoms with van der Waals surface area (Å²) >= 11 is 12.0. The second kappa shape index (κ2) is 5.17. The molecule has 1 unspecified atom stereocenters. The van der Waals surface area contributed by atoms with Crippen molar-refractivity contribution in [2.45, 2.75) is 18.9 Å². The maximum absolute atomic E-state index is 10.0. The molecule has 0 aliphatic rings. The molecular weight excluding hydrogens is 233 g/mol. The number of rotatable bonds is 4. The van der Waals surface area contributed by atoms with Crippen molar-refractivity contribution in [2.75, 3.05) is 13.6 Å². The van der Waals surface area contributed by atoms with Gasteiger partial charge in [-0.15, -0.1) is 0 Å². The standard InChI is InChI=1S/C11H15Cl2NO/c1-11(15,7-14-2)6-8-9(12)4-3-5-10(8)13/h3-5,14-15H,6-7H2,1-2H3. The molecule has 0 aliphatic carbocycles. The number of aliphatic hydroxyl groups is 1. The van der Waals surface area contributed by atoms with Crippen molar-refractivity contribution in [2.24, 2.45) is 0 Å². The summed E-state index contributed by atoms with van der Waals surface area (Å²) in [6, 6.07) is 5.34. The molecule has 0 spiro atoms. The topological polar surface area (TPSA) is 32.3 Å². The highest BCUT2D eigenvalue weighted by atomic mass is 35.5. The number of hydrogen-bond acceptors (Lipinski definition) is 2. The Labute approximate surface area is 100 Å². The predicted octanol–water partition coefficient (Wildman–Crippen LogP) is 2.51. The van der Waals surface area contributed by atoms with E-state index in [4.69, 9.17) is 23.2 Å². The van der Waals surface area contributed by atoms with Gasteiger partial charge in [-0.1, -0.05) is 29.3 Å². The Kier molecular flexibility index (Phi) is 4.41. The summed E-state index contributed by atoms with van der Waals surface area (Å²) in [6.45, 7) is 2.25. The Morgan fingerprint density at radius 1 is 1.33 bits per heavy atom. The molecule has 1 aromatic carbocycles. The van der Waals surface area contributed by atoms with Crippen molar-refractivity contribution in [1.29, 1.82) is 0 Å². The monoisotopic (exact) mass is 247 g/mol. The minimum Gasteiger partial charge on any atom is -0.389 e. The molecule has 2 nitrogen and oxygen atoms in total. The van der Waals surface area contributed by atoms with Crippen LogP contribution in [0.4, 0.5) is 0 Å². The van der Waals surface area contributed by atoms with Crippen molar-refractivity contribution in [3.8, 4) is 0 Å². The van der Waals surface area contributed by atoms with E-state index < -0.39 is 5.60 Å². The third-order valence-corrected chi connectivity index (χ3v) is 2.89. The van der Waals surface area contributed by atoms with Crippen LogP contribution in [0.5, 0.6) is 0 Å². The van der Waals surface area contributed by atoms with Gasteiger partial charge >= 0.3 is 0 Å². The quantitative estimate of drug-likeness (QED) is 0.858. The first-order chi connectivity index (χ1) is 6.96. The lowest BCUT2D eigenvalue weighted by molar-refractivity contribution is 0.0623. The summed E-state index contributed by atoms with van der Waals surface area (Å²) in [4.78, 5) is 0. The minimum absolute atomic E-state index is 0.437. The summed E-state index contributed by atoms with van der Waals surface area (Å²) in [5, 5.41) is 14.2. The van der Waals surface area contributed by atoms with Crippen LogP contribution in [0.2, 0.25) is 10.0 Å². The number of halogens is 2. The summed E-state index contributed by atoms with van der Waals surface area (Å²) in [5.74, 6) is 0. The molecule has 0 saturated carbocycles. The highest BCUT2D eigenvalue weighted by Gasteiger charge is 2.22. The fourth-order valence-electron chi connectivity index (χ4n) is 1.53. The van der Waals surface area contributed by atoms with Crippen LogP contribution < -0.4 is 5.32 Å². The predicted molar refractivity (Wildman–Crippen MR) is 64.7 cm³/mol. The van der Waals surface area contributed by atoms with Gasteiger partial charge in [0, 0.05) is 23.0 Å². The SMILES string of the molecule is CNCC(C)(O)Cc1c(Cl)cccc1Cl. The smallest absolute Gasteiger partial charge is 0.0784 e. The summed E-state index contributed by atoms with van der Waals surface area (Å²) in [5.41, 5.74) is -0.0512. The second-order valence-corrected chi connectivity index (χ2v) is 4.72. The molecular formula is C11H15Cl2NO. The van der Waals surface area contributed by atoms with E-state index in [2.05, 4.69) is 5.32 Å².